The van der Waals surface area contributed by atoms with Crippen molar-refractivity contribution in [3.05, 3.63) is 29.8 Å². The number of nitrogens with one attached hydrogen (secondary N) is 1. The molecule has 1 aliphatic carbocycles. The molecule has 0 aliphatic heterocycles. The molecular formula is C14H17NO4. The Morgan fingerprint density at radius 2 is 2.11 bits per heavy atom. The molecule has 0 spiro atoms. The summed E-state index contributed by atoms with van der Waals surface area (Å²) in [7, 11) is 1.54. The smallest absolute Gasteiger partial charge is 0.326 e. The maximum atomic E-state index is 11.7. The molecule has 102 valence electrons. The minimum Gasteiger partial charge on any atom is -0.496 e. The summed E-state index contributed by atoms with van der Waals surface area (Å²) in [5.41, 5.74) is 0.772. The number of amides is 1. The van der Waals surface area contributed by atoms with Gasteiger partial charge in [0.2, 0.25) is 5.91 Å². The van der Waals surface area contributed by atoms with E-state index in [-0.39, 0.29) is 18.2 Å². The van der Waals surface area contributed by atoms with Gasteiger partial charge in [0.05, 0.1) is 7.11 Å². The standard InChI is InChI=1S/C14H17NO4/c1-19-12-5-3-2-4-10(12)8-11(14(17)18)15-13(16)9-6-7-9/h2-5,9,11H,6-8H2,1H3,(H,15,16)(H,17,18)/t11-/m1/s1. The maximum Gasteiger partial charge on any atom is 0.326 e. The number of hydrogen-bond donors (Lipinski definition) is 2. The molecule has 5 nitrogen and oxygen atoms in total. The third-order valence-electron chi connectivity index (χ3n) is 3.18. The van der Waals surface area contributed by atoms with E-state index in [1.807, 2.05) is 12.1 Å². The number of carboxylic acids is 1. The third-order valence-corrected chi connectivity index (χ3v) is 3.18. The first-order valence-corrected chi connectivity index (χ1v) is 6.27. The van der Waals surface area contributed by atoms with Gasteiger partial charge in [0.1, 0.15) is 11.8 Å². The number of rotatable bonds is 6. The molecule has 2 N–H and O–H groups in total. The van der Waals surface area contributed by atoms with Gasteiger partial charge < -0.3 is 15.2 Å². The Hall–Kier alpha value is -2.04. The molecule has 0 radical (unpaired) electrons. The van der Waals surface area contributed by atoms with Gasteiger partial charge in [-0.2, -0.15) is 0 Å². The number of carboxylic acid groups (broad SMARTS) is 1. The number of para-hydroxylation sites is 1. The van der Waals surface area contributed by atoms with Crippen LogP contribution in [-0.2, 0) is 16.0 Å². The Balaban J connectivity index is 2.07. The van der Waals surface area contributed by atoms with Crippen LogP contribution in [0.4, 0.5) is 0 Å². The minimum absolute atomic E-state index is 0.000445. The lowest BCUT2D eigenvalue weighted by atomic mass is 10.0. The van der Waals surface area contributed by atoms with E-state index >= 15 is 0 Å². The molecular weight excluding hydrogens is 246 g/mol. The second-order valence-corrected chi connectivity index (χ2v) is 4.69. The minimum atomic E-state index is -1.03. The molecule has 1 aromatic rings. The summed E-state index contributed by atoms with van der Waals surface area (Å²) in [4.78, 5) is 22.9. The van der Waals surface area contributed by atoms with E-state index in [9.17, 15) is 14.7 Å². The number of ether oxygens (including phenoxy) is 1. The average Bonchev–Trinajstić information content (AvgIpc) is 3.22. The molecule has 1 aromatic carbocycles. The summed E-state index contributed by atoms with van der Waals surface area (Å²) >= 11 is 0. The van der Waals surface area contributed by atoms with Crippen molar-refractivity contribution in [2.45, 2.75) is 25.3 Å². The van der Waals surface area contributed by atoms with Gasteiger partial charge in [0.25, 0.3) is 0 Å². The second-order valence-electron chi connectivity index (χ2n) is 4.69. The molecule has 1 amide bonds. The lowest BCUT2D eigenvalue weighted by molar-refractivity contribution is -0.142. The number of benzene rings is 1. The Kier molecular flexibility index (Phi) is 4.04. The van der Waals surface area contributed by atoms with Crippen LogP contribution >= 0.6 is 0 Å². The highest BCUT2D eigenvalue weighted by Crippen LogP contribution is 2.29. The number of carbonyl (C=O) groups excluding carboxylic acids is 1. The zero-order valence-corrected chi connectivity index (χ0v) is 10.8. The van der Waals surface area contributed by atoms with E-state index in [0.29, 0.717) is 5.75 Å². The number of hydrogen-bond acceptors (Lipinski definition) is 3. The highest BCUT2D eigenvalue weighted by atomic mass is 16.5. The molecule has 5 heteroatoms. The van der Waals surface area contributed by atoms with Gasteiger partial charge in [-0.15, -0.1) is 0 Å². The summed E-state index contributed by atoms with van der Waals surface area (Å²) < 4.78 is 5.19. The van der Waals surface area contributed by atoms with Crippen molar-refractivity contribution >= 4 is 11.9 Å². The fourth-order valence-corrected chi connectivity index (χ4v) is 1.93. The molecule has 0 bridgehead atoms. The van der Waals surface area contributed by atoms with Crippen LogP contribution in [0.15, 0.2) is 24.3 Å². The normalized spacial score (nSPS) is 15.6. The number of aliphatic carboxylic acids is 1. The van der Waals surface area contributed by atoms with Crippen molar-refractivity contribution in [3.63, 3.8) is 0 Å². The van der Waals surface area contributed by atoms with Crippen LogP contribution in [0.1, 0.15) is 18.4 Å². The van der Waals surface area contributed by atoms with Crippen molar-refractivity contribution in [3.8, 4) is 5.75 Å². The molecule has 1 aliphatic rings. The Bertz CT molecular complexity index is 482. The van der Waals surface area contributed by atoms with E-state index in [4.69, 9.17) is 4.74 Å². The van der Waals surface area contributed by atoms with Gasteiger partial charge in [-0.25, -0.2) is 4.79 Å². The van der Waals surface area contributed by atoms with E-state index in [2.05, 4.69) is 5.32 Å². The molecule has 0 heterocycles. The lowest BCUT2D eigenvalue weighted by Crippen LogP contribution is -2.43. The zero-order valence-electron chi connectivity index (χ0n) is 10.8. The Labute approximate surface area is 111 Å². The molecule has 2 rings (SSSR count). The third kappa shape index (κ3) is 3.47. The van der Waals surface area contributed by atoms with Crippen LogP contribution < -0.4 is 10.1 Å². The fourth-order valence-electron chi connectivity index (χ4n) is 1.93. The van der Waals surface area contributed by atoms with Crippen LogP contribution in [0.25, 0.3) is 0 Å². The van der Waals surface area contributed by atoms with Crippen LogP contribution in [0, 0.1) is 5.92 Å². The Morgan fingerprint density at radius 1 is 1.42 bits per heavy atom. The Morgan fingerprint density at radius 3 is 2.68 bits per heavy atom. The second kappa shape index (κ2) is 5.73. The molecule has 0 saturated heterocycles. The maximum absolute atomic E-state index is 11.7. The molecule has 19 heavy (non-hydrogen) atoms. The van der Waals surface area contributed by atoms with E-state index in [0.717, 1.165) is 18.4 Å². The topological polar surface area (TPSA) is 75.6 Å². The van der Waals surface area contributed by atoms with E-state index in [1.165, 1.54) is 7.11 Å². The number of methoxy groups -OCH3 is 1. The summed E-state index contributed by atoms with van der Waals surface area (Å²) in [6.45, 7) is 0. The van der Waals surface area contributed by atoms with Gasteiger partial charge in [-0.1, -0.05) is 18.2 Å². The first-order chi connectivity index (χ1) is 9.11. The number of carbonyl (C=O) groups is 2. The van der Waals surface area contributed by atoms with Crippen LogP contribution in [0.3, 0.4) is 0 Å². The van der Waals surface area contributed by atoms with Crippen molar-refractivity contribution < 1.29 is 19.4 Å². The van der Waals surface area contributed by atoms with Crippen molar-refractivity contribution in [2.24, 2.45) is 5.92 Å². The van der Waals surface area contributed by atoms with Crippen molar-refractivity contribution in [1.29, 1.82) is 0 Å². The van der Waals surface area contributed by atoms with Gasteiger partial charge in [-0.3, -0.25) is 4.79 Å². The van der Waals surface area contributed by atoms with Crippen LogP contribution in [-0.4, -0.2) is 30.1 Å². The van der Waals surface area contributed by atoms with Crippen LogP contribution in [0.2, 0.25) is 0 Å². The summed E-state index contributed by atoms with van der Waals surface area (Å²) in [6.07, 6.45) is 1.93. The van der Waals surface area contributed by atoms with Gasteiger partial charge in [0.15, 0.2) is 0 Å². The summed E-state index contributed by atoms with van der Waals surface area (Å²) in [6, 6.07) is 6.31. The SMILES string of the molecule is COc1ccccc1C[C@@H](NC(=O)C1CC1)C(=O)O. The highest BCUT2D eigenvalue weighted by molar-refractivity contribution is 5.86. The van der Waals surface area contributed by atoms with Crippen molar-refractivity contribution in [1.82, 2.24) is 5.32 Å². The predicted octanol–water partition coefficient (Wildman–Crippen LogP) is 1.22. The van der Waals surface area contributed by atoms with Crippen molar-refractivity contribution in [2.75, 3.05) is 7.11 Å². The largest absolute Gasteiger partial charge is 0.496 e. The quantitative estimate of drug-likeness (QED) is 0.809. The van der Waals surface area contributed by atoms with E-state index in [1.54, 1.807) is 12.1 Å². The molecule has 1 saturated carbocycles. The summed E-state index contributed by atoms with van der Waals surface area (Å²) in [5.74, 6) is -0.559. The highest BCUT2D eigenvalue weighted by Gasteiger charge is 2.32. The van der Waals surface area contributed by atoms with Crippen LogP contribution in [0.5, 0.6) is 5.75 Å². The monoisotopic (exact) mass is 263 g/mol. The molecule has 1 atom stereocenters. The van der Waals surface area contributed by atoms with Gasteiger partial charge >= 0.3 is 5.97 Å². The lowest BCUT2D eigenvalue weighted by Gasteiger charge is -2.16. The van der Waals surface area contributed by atoms with Gasteiger partial charge in [-0.05, 0) is 24.5 Å². The summed E-state index contributed by atoms with van der Waals surface area (Å²) in [5, 5.41) is 11.8. The van der Waals surface area contributed by atoms with Gasteiger partial charge in [0, 0.05) is 12.3 Å². The predicted molar refractivity (Wildman–Crippen MR) is 69.0 cm³/mol. The fraction of sp³-hybridized carbons (Fsp3) is 0.429. The first kappa shape index (κ1) is 13.4. The van der Waals surface area contributed by atoms with E-state index < -0.39 is 12.0 Å². The first-order valence-electron chi connectivity index (χ1n) is 6.27. The zero-order chi connectivity index (χ0) is 13.8. The average molecular weight is 263 g/mol. The molecule has 0 aromatic heterocycles. The molecule has 0 unspecified atom stereocenters. The molecule has 1 fully saturated rings.